The molecule has 3 N–H and O–H groups in total. The number of nitrogens with one attached hydrogen (secondary N) is 1. The molecule has 0 saturated heterocycles. The zero-order valence-electron chi connectivity index (χ0n) is 11.2. The summed E-state index contributed by atoms with van der Waals surface area (Å²) < 4.78 is 5.49. The van der Waals surface area contributed by atoms with Gasteiger partial charge in [0.25, 0.3) is 0 Å². The van der Waals surface area contributed by atoms with Crippen LogP contribution in [0.25, 0.3) is 0 Å². The maximum Gasteiger partial charge on any atom is 0.188 e. The quantitative estimate of drug-likeness (QED) is 0.336. The van der Waals surface area contributed by atoms with E-state index in [1.54, 1.807) is 12.1 Å². The first-order valence-electron chi connectivity index (χ1n) is 6.06. The lowest BCUT2D eigenvalue weighted by Gasteiger charge is -2.11. The standard InChI is InChI=1S/C13H20ClN3O.HI/c1-3-10(2)17-13(15)16-8-9-18-12-6-4-11(14)5-7-12;/h4-7,10H,3,8-9H2,1-2H3,(H3,15,16,17);1H. The van der Waals surface area contributed by atoms with Crippen molar-refractivity contribution in [3.8, 4) is 5.75 Å². The highest BCUT2D eigenvalue weighted by atomic mass is 127. The van der Waals surface area contributed by atoms with Gasteiger partial charge >= 0.3 is 0 Å². The maximum absolute atomic E-state index is 5.77. The Labute approximate surface area is 136 Å². The van der Waals surface area contributed by atoms with Crippen molar-refractivity contribution in [2.75, 3.05) is 13.2 Å². The maximum atomic E-state index is 5.77. The predicted octanol–water partition coefficient (Wildman–Crippen LogP) is 3.04. The van der Waals surface area contributed by atoms with E-state index in [-0.39, 0.29) is 24.0 Å². The number of nitrogens with two attached hydrogens (primary N) is 1. The molecule has 0 aromatic heterocycles. The summed E-state index contributed by atoms with van der Waals surface area (Å²) in [7, 11) is 0. The van der Waals surface area contributed by atoms with Gasteiger partial charge in [0.15, 0.2) is 5.96 Å². The van der Waals surface area contributed by atoms with E-state index in [4.69, 9.17) is 22.1 Å². The Morgan fingerprint density at radius 3 is 2.63 bits per heavy atom. The van der Waals surface area contributed by atoms with E-state index in [1.165, 1.54) is 0 Å². The van der Waals surface area contributed by atoms with Crippen LogP contribution in [0.5, 0.6) is 5.75 Å². The van der Waals surface area contributed by atoms with Crippen LogP contribution in [0.3, 0.4) is 0 Å². The summed E-state index contributed by atoms with van der Waals surface area (Å²) in [5.41, 5.74) is 5.72. The molecule has 0 aliphatic rings. The van der Waals surface area contributed by atoms with Crippen LogP contribution in [0.2, 0.25) is 5.02 Å². The molecule has 1 aromatic carbocycles. The summed E-state index contributed by atoms with van der Waals surface area (Å²) in [6.45, 7) is 5.17. The summed E-state index contributed by atoms with van der Waals surface area (Å²) in [6.07, 6.45) is 1.01. The number of halogens is 2. The Morgan fingerprint density at radius 2 is 2.05 bits per heavy atom. The lowest BCUT2D eigenvalue weighted by Crippen LogP contribution is -2.38. The van der Waals surface area contributed by atoms with Gasteiger partial charge in [0.2, 0.25) is 0 Å². The van der Waals surface area contributed by atoms with E-state index >= 15 is 0 Å². The molecule has 0 spiro atoms. The van der Waals surface area contributed by atoms with Crippen LogP contribution >= 0.6 is 35.6 Å². The molecule has 1 rings (SSSR count). The minimum atomic E-state index is 0. The molecule has 0 aliphatic carbocycles. The fourth-order valence-electron chi connectivity index (χ4n) is 1.26. The van der Waals surface area contributed by atoms with Crippen molar-refractivity contribution >= 4 is 41.5 Å². The van der Waals surface area contributed by atoms with Crippen molar-refractivity contribution in [2.24, 2.45) is 10.7 Å². The molecule has 0 saturated carbocycles. The summed E-state index contributed by atoms with van der Waals surface area (Å²) in [5, 5.41) is 3.79. The summed E-state index contributed by atoms with van der Waals surface area (Å²) in [6, 6.07) is 7.57. The first kappa shape index (κ1) is 18.3. The second-order valence-electron chi connectivity index (χ2n) is 4.02. The van der Waals surface area contributed by atoms with Crippen LogP contribution in [0, 0.1) is 0 Å². The summed E-state index contributed by atoms with van der Waals surface area (Å²) in [5.74, 6) is 1.24. The number of guanidine groups is 1. The van der Waals surface area contributed by atoms with Crippen molar-refractivity contribution in [1.82, 2.24) is 5.32 Å². The second kappa shape index (κ2) is 10.1. The first-order valence-corrected chi connectivity index (χ1v) is 6.44. The topological polar surface area (TPSA) is 59.6 Å². The van der Waals surface area contributed by atoms with Crippen LogP contribution in [-0.2, 0) is 0 Å². The minimum absolute atomic E-state index is 0. The molecule has 4 nitrogen and oxygen atoms in total. The predicted molar refractivity (Wildman–Crippen MR) is 91.7 cm³/mol. The highest BCUT2D eigenvalue weighted by molar-refractivity contribution is 14.0. The molecule has 0 aliphatic heterocycles. The lowest BCUT2D eigenvalue weighted by molar-refractivity contribution is 0.328. The molecule has 1 atom stereocenters. The average Bonchev–Trinajstić information content (AvgIpc) is 2.36. The Balaban J connectivity index is 0.00000324. The molecule has 108 valence electrons. The second-order valence-corrected chi connectivity index (χ2v) is 4.46. The number of rotatable bonds is 6. The van der Waals surface area contributed by atoms with Gasteiger partial charge in [-0.2, -0.15) is 0 Å². The van der Waals surface area contributed by atoms with Gasteiger partial charge in [0.1, 0.15) is 12.4 Å². The van der Waals surface area contributed by atoms with Gasteiger partial charge in [-0.15, -0.1) is 24.0 Å². The molecule has 0 radical (unpaired) electrons. The number of nitrogens with zero attached hydrogens (tertiary/aromatic N) is 1. The van der Waals surface area contributed by atoms with E-state index in [0.717, 1.165) is 12.2 Å². The molecule has 0 fully saturated rings. The zero-order valence-corrected chi connectivity index (χ0v) is 14.3. The summed E-state index contributed by atoms with van der Waals surface area (Å²) in [4.78, 5) is 4.18. The van der Waals surface area contributed by atoms with E-state index in [1.807, 2.05) is 12.1 Å². The third-order valence-electron chi connectivity index (χ3n) is 2.46. The zero-order chi connectivity index (χ0) is 13.4. The molecular weight excluding hydrogens is 377 g/mol. The number of hydrogen-bond donors (Lipinski definition) is 2. The Kier molecular flexibility index (Phi) is 9.77. The number of ether oxygens (including phenoxy) is 1. The van der Waals surface area contributed by atoms with Gasteiger partial charge in [0, 0.05) is 11.1 Å². The van der Waals surface area contributed by atoms with Crippen LogP contribution in [0.1, 0.15) is 20.3 Å². The van der Waals surface area contributed by atoms with E-state index < -0.39 is 0 Å². The molecule has 1 unspecified atom stereocenters. The van der Waals surface area contributed by atoms with Crippen molar-refractivity contribution in [3.63, 3.8) is 0 Å². The minimum Gasteiger partial charge on any atom is -0.492 e. The van der Waals surface area contributed by atoms with Crippen molar-refractivity contribution in [1.29, 1.82) is 0 Å². The molecule has 0 amide bonds. The third kappa shape index (κ3) is 8.15. The molecular formula is C13H21ClIN3O. The van der Waals surface area contributed by atoms with E-state index in [2.05, 4.69) is 24.2 Å². The number of benzene rings is 1. The van der Waals surface area contributed by atoms with Crippen molar-refractivity contribution in [2.45, 2.75) is 26.3 Å². The molecule has 0 bridgehead atoms. The van der Waals surface area contributed by atoms with Crippen molar-refractivity contribution in [3.05, 3.63) is 29.3 Å². The van der Waals surface area contributed by atoms with Crippen LogP contribution in [-0.4, -0.2) is 25.2 Å². The van der Waals surface area contributed by atoms with E-state index in [9.17, 15) is 0 Å². The molecule has 0 heterocycles. The number of hydrogen-bond acceptors (Lipinski definition) is 2. The molecule has 6 heteroatoms. The van der Waals surface area contributed by atoms with Gasteiger partial charge in [-0.1, -0.05) is 18.5 Å². The number of aliphatic imine (C=N–C) groups is 1. The summed E-state index contributed by atoms with van der Waals surface area (Å²) >= 11 is 5.77. The monoisotopic (exact) mass is 397 g/mol. The Hall–Kier alpha value is -0.690. The third-order valence-corrected chi connectivity index (χ3v) is 2.71. The SMILES string of the molecule is CCC(C)NC(N)=NCCOc1ccc(Cl)cc1.I. The average molecular weight is 398 g/mol. The van der Waals surface area contributed by atoms with Crippen LogP contribution < -0.4 is 15.8 Å². The van der Waals surface area contributed by atoms with Gasteiger partial charge < -0.3 is 15.8 Å². The first-order chi connectivity index (χ1) is 8.61. The van der Waals surface area contributed by atoms with Gasteiger partial charge in [-0.3, -0.25) is 0 Å². The van der Waals surface area contributed by atoms with Crippen LogP contribution in [0.4, 0.5) is 0 Å². The Bertz CT molecular complexity index is 384. The highest BCUT2D eigenvalue weighted by Crippen LogP contribution is 2.15. The smallest absolute Gasteiger partial charge is 0.188 e. The van der Waals surface area contributed by atoms with Gasteiger partial charge in [-0.05, 0) is 37.6 Å². The highest BCUT2D eigenvalue weighted by Gasteiger charge is 1.98. The largest absolute Gasteiger partial charge is 0.492 e. The molecule has 1 aromatic rings. The molecule has 19 heavy (non-hydrogen) atoms. The van der Waals surface area contributed by atoms with Crippen LogP contribution in [0.15, 0.2) is 29.3 Å². The van der Waals surface area contributed by atoms with Gasteiger partial charge in [-0.25, -0.2) is 4.99 Å². The normalized spacial score (nSPS) is 12.5. The van der Waals surface area contributed by atoms with E-state index in [0.29, 0.717) is 30.2 Å². The van der Waals surface area contributed by atoms with Crippen molar-refractivity contribution < 1.29 is 4.74 Å². The lowest BCUT2D eigenvalue weighted by atomic mass is 10.3. The Morgan fingerprint density at radius 1 is 1.42 bits per heavy atom. The van der Waals surface area contributed by atoms with Gasteiger partial charge in [0.05, 0.1) is 6.54 Å². The fourth-order valence-corrected chi connectivity index (χ4v) is 1.39. The fraction of sp³-hybridized carbons (Fsp3) is 0.462.